The Hall–Kier alpha value is -0.790. The Kier molecular flexibility index (Phi) is 45.5. The molecule has 298 valence electrons. The van der Waals surface area contributed by atoms with E-state index in [9.17, 15) is 4.79 Å². The van der Waals surface area contributed by atoms with Crippen LogP contribution in [-0.4, -0.2) is 12.6 Å². The molecule has 0 aliphatic carbocycles. The van der Waals surface area contributed by atoms with Crippen LogP contribution in [0.5, 0.6) is 0 Å². The molecule has 0 fully saturated rings. The predicted molar refractivity (Wildman–Crippen MR) is 225 cm³/mol. The molecular formula is C48H94O2. The highest BCUT2D eigenvalue weighted by Gasteiger charge is 2.03. The van der Waals surface area contributed by atoms with E-state index in [-0.39, 0.29) is 5.97 Å². The summed E-state index contributed by atoms with van der Waals surface area (Å²) in [5.74, 6) is 0.0253. The van der Waals surface area contributed by atoms with Crippen molar-refractivity contribution in [3.63, 3.8) is 0 Å². The Morgan fingerprint density at radius 2 is 0.560 bits per heavy atom. The summed E-state index contributed by atoms with van der Waals surface area (Å²) in [4.78, 5) is 12.0. The summed E-state index contributed by atoms with van der Waals surface area (Å²) in [6, 6.07) is 0. The zero-order chi connectivity index (χ0) is 36.1. The molecule has 0 amide bonds. The number of hydrogen-bond donors (Lipinski definition) is 0. The maximum absolute atomic E-state index is 12.0. The van der Waals surface area contributed by atoms with Gasteiger partial charge in [0.2, 0.25) is 0 Å². The standard InChI is InChI=1S/C48H94O2/c1-3-5-7-9-11-13-15-17-19-21-22-23-24-25-26-27-28-29-30-31-32-34-36-38-40-42-44-46-48(49)50-47-45-43-41-39-37-35-33-20-18-16-14-12-10-8-6-4-2/h18,20H,3-17,19,21-47H2,1-2H3/b20-18+. The average molecular weight is 703 g/mol. The van der Waals surface area contributed by atoms with Gasteiger partial charge in [-0.15, -0.1) is 0 Å². The molecule has 0 N–H and O–H groups in total. The van der Waals surface area contributed by atoms with Crippen molar-refractivity contribution < 1.29 is 9.53 Å². The van der Waals surface area contributed by atoms with Crippen molar-refractivity contribution in [3.8, 4) is 0 Å². The summed E-state index contributed by atoms with van der Waals surface area (Å²) in [5, 5.41) is 0. The van der Waals surface area contributed by atoms with Gasteiger partial charge in [-0.05, 0) is 38.5 Å². The molecule has 0 heterocycles. The van der Waals surface area contributed by atoms with Gasteiger partial charge in [0, 0.05) is 6.42 Å². The third kappa shape index (κ3) is 45.2. The molecule has 0 aromatic carbocycles. The summed E-state index contributed by atoms with van der Waals surface area (Å²) in [6.07, 6.45) is 61.9. The van der Waals surface area contributed by atoms with Crippen molar-refractivity contribution in [2.45, 2.75) is 284 Å². The van der Waals surface area contributed by atoms with Gasteiger partial charge in [-0.2, -0.15) is 0 Å². The lowest BCUT2D eigenvalue weighted by atomic mass is 10.0. The second-order valence-corrected chi connectivity index (χ2v) is 16.1. The van der Waals surface area contributed by atoms with Crippen molar-refractivity contribution in [1.82, 2.24) is 0 Å². The molecule has 0 radical (unpaired) electrons. The molecule has 50 heavy (non-hydrogen) atoms. The molecule has 0 aromatic rings. The third-order valence-electron chi connectivity index (χ3n) is 10.9. The van der Waals surface area contributed by atoms with Gasteiger partial charge >= 0.3 is 5.97 Å². The number of esters is 1. The highest BCUT2D eigenvalue weighted by molar-refractivity contribution is 5.69. The molecule has 0 aliphatic rings. The van der Waals surface area contributed by atoms with E-state index in [1.807, 2.05) is 0 Å². The first kappa shape index (κ1) is 49.2. The molecule has 0 atom stereocenters. The molecule has 0 rings (SSSR count). The van der Waals surface area contributed by atoms with Gasteiger partial charge in [0.1, 0.15) is 0 Å². The highest BCUT2D eigenvalue weighted by atomic mass is 16.5. The summed E-state index contributed by atoms with van der Waals surface area (Å²) < 4.78 is 5.47. The second-order valence-electron chi connectivity index (χ2n) is 16.1. The quantitative estimate of drug-likeness (QED) is 0.0359. The molecule has 0 saturated heterocycles. The van der Waals surface area contributed by atoms with Gasteiger partial charge < -0.3 is 4.74 Å². The lowest BCUT2D eigenvalue weighted by Crippen LogP contribution is -2.05. The van der Waals surface area contributed by atoms with Gasteiger partial charge in [0.05, 0.1) is 6.61 Å². The van der Waals surface area contributed by atoms with E-state index >= 15 is 0 Å². The molecule has 0 bridgehead atoms. The lowest BCUT2D eigenvalue weighted by Gasteiger charge is -2.06. The molecule has 0 unspecified atom stereocenters. The Bertz CT molecular complexity index is 640. The number of hydrogen-bond acceptors (Lipinski definition) is 2. The van der Waals surface area contributed by atoms with Crippen LogP contribution in [0.2, 0.25) is 0 Å². The second kappa shape index (κ2) is 46.2. The molecule has 0 saturated carbocycles. The van der Waals surface area contributed by atoms with Crippen LogP contribution in [0, 0.1) is 0 Å². The summed E-state index contributed by atoms with van der Waals surface area (Å²) >= 11 is 0. The highest BCUT2D eigenvalue weighted by Crippen LogP contribution is 2.17. The van der Waals surface area contributed by atoms with E-state index in [0.717, 1.165) is 12.8 Å². The van der Waals surface area contributed by atoms with E-state index < -0.39 is 0 Å². The topological polar surface area (TPSA) is 26.3 Å². The minimum absolute atomic E-state index is 0.0253. The molecular weight excluding hydrogens is 609 g/mol. The van der Waals surface area contributed by atoms with Crippen LogP contribution in [0.3, 0.4) is 0 Å². The van der Waals surface area contributed by atoms with Crippen molar-refractivity contribution in [2.24, 2.45) is 0 Å². The lowest BCUT2D eigenvalue weighted by molar-refractivity contribution is -0.143. The van der Waals surface area contributed by atoms with Gasteiger partial charge in [-0.1, -0.05) is 251 Å². The number of allylic oxidation sites excluding steroid dienone is 2. The van der Waals surface area contributed by atoms with Crippen LogP contribution in [0.25, 0.3) is 0 Å². The fourth-order valence-electron chi connectivity index (χ4n) is 7.37. The first-order chi connectivity index (χ1) is 24.8. The number of carbonyl (C=O) groups is 1. The maximum Gasteiger partial charge on any atom is 0.305 e. The van der Waals surface area contributed by atoms with Crippen molar-refractivity contribution >= 4 is 5.97 Å². The Morgan fingerprint density at radius 3 is 0.860 bits per heavy atom. The van der Waals surface area contributed by atoms with Crippen LogP contribution in [0.4, 0.5) is 0 Å². The number of rotatable bonds is 44. The first-order valence-corrected chi connectivity index (χ1v) is 23.6. The van der Waals surface area contributed by atoms with Crippen LogP contribution in [0.15, 0.2) is 12.2 Å². The minimum atomic E-state index is 0.0253. The molecule has 0 aliphatic heterocycles. The van der Waals surface area contributed by atoms with Crippen LogP contribution in [0.1, 0.15) is 284 Å². The van der Waals surface area contributed by atoms with E-state index in [0.29, 0.717) is 13.0 Å². The summed E-state index contributed by atoms with van der Waals surface area (Å²) in [7, 11) is 0. The van der Waals surface area contributed by atoms with Crippen LogP contribution < -0.4 is 0 Å². The fourth-order valence-corrected chi connectivity index (χ4v) is 7.37. The van der Waals surface area contributed by atoms with Gasteiger partial charge in [0.25, 0.3) is 0 Å². The fraction of sp³-hybridized carbons (Fsp3) is 0.938. The first-order valence-electron chi connectivity index (χ1n) is 23.6. The van der Waals surface area contributed by atoms with E-state index in [1.165, 1.54) is 250 Å². The van der Waals surface area contributed by atoms with Crippen molar-refractivity contribution in [2.75, 3.05) is 6.61 Å². The molecule has 0 spiro atoms. The SMILES string of the molecule is CCCCCCCC/C=C/CCCCCCCCOC(=O)CCCCCCCCCCCCCCCCCCCCCCCCCCCCC. The van der Waals surface area contributed by atoms with E-state index in [2.05, 4.69) is 26.0 Å². The maximum atomic E-state index is 12.0. The summed E-state index contributed by atoms with van der Waals surface area (Å²) in [5.41, 5.74) is 0. The predicted octanol–water partition coefficient (Wildman–Crippen LogP) is 17.5. The van der Waals surface area contributed by atoms with Gasteiger partial charge in [-0.25, -0.2) is 0 Å². The van der Waals surface area contributed by atoms with E-state index in [1.54, 1.807) is 0 Å². The molecule has 2 heteroatoms. The smallest absolute Gasteiger partial charge is 0.305 e. The van der Waals surface area contributed by atoms with Crippen LogP contribution >= 0.6 is 0 Å². The Labute approximate surface area is 316 Å². The van der Waals surface area contributed by atoms with Gasteiger partial charge in [-0.3, -0.25) is 4.79 Å². The Balaban J connectivity index is 3.16. The van der Waals surface area contributed by atoms with Crippen molar-refractivity contribution in [3.05, 3.63) is 12.2 Å². The minimum Gasteiger partial charge on any atom is -0.466 e. The molecule has 2 nitrogen and oxygen atoms in total. The number of unbranched alkanes of at least 4 members (excludes halogenated alkanes) is 38. The van der Waals surface area contributed by atoms with Crippen molar-refractivity contribution in [1.29, 1.82) is 0 Å². The number of carbonyl (C=O) groups excluding carboxylic acids is 1. The number of ether oxygens (including phenoxy) is 1. The van der Waals surface area contributed by atoms with Crippen LogP contribution in [-0.2, 0) is 9.53 Å². The largest absolute Gasteiger partial charge is 0.466 e. The monoisotopic (exact) mass is 703 g/mol. The zero-order valence-electron chi connectivity index (χ0n) is 34.9. The summed E-state index contributed by atoms with van der Waals surface area (Å²) in [6.45, 7) is 5.21. The van der Waals surface area contributed by atoms with E-state index in [4.69, 9.17) is 4.74 Å². The van der Waals surface area contributed by atoms with Gasteiger partial charge in [0.15, 0.2) is 0 Å². The normalized spacial score (nSPS) is 11.6. The molecule has 0 aromatic heterocycles. The Morgan fingerprint density at radius 1 is 0.320 bits per heavy atom. The third-order valence-corrected chi connectivity index (χ3v) is 10.9. The zero-order valence-corrected chi connectivity index (χ0v) is 34.9. The average Bonchev–Trinajstić information content (AvgIpc) is 3.12.